The second-order valence-electron chi connectivity index (χ2n) is 8.23. The second-order valence-corrected chi connectivity index (χ2v) is 8.67. The molecule has 0 radical (unpaired) electrons. The molecule has 1 aromatic carbocycles. The summed E-state index contributed by atoms with van der Waals surface area (Å²) in [6.45, 7) is 4.09. The lowest BCUT2D eigenvalue weighted by molar-refractivity contribution is -0.141. The van der Waals surface area contributed by atoms with Crippen LogP contribution in [-0.2, 0) is 9.53 Å². The van der Waals surface area contributed by atoms with Crippen LogP contribution >= 0.6 is 11.6 Å². The minimum absolute atomic E-state index is 0.139. The van der Waals surface area contributed by atoms with E-state index < -0.39 is 0 Å². The van der Waals surface area contributed by atoms with E-state index in [0.29, 0.717) is 37.0 Å². The Labute approximate surface area is 171 Å². The van der Waals surface area contributed by atoms with E-state index in [0.717, 1.165) is 38.8 Å². The SMILES string of the molecule is O=C(Nc1cccc(Cl)c1)N1CC(C(=O)N2CCCCC2)C2(CCOCC2)C1. The highest BCUT2D eigenvalue weighted by Gasteiger charge is 2.52. The monoisotopic (exact) mass is 405 g/mol. The van der Waals surface area contributed by atoms with Crippen LogP contribution in [0.15, 0.2) is 24.3 Å². The molecule has 7 heteroatoms. The molecule has 1 aromatic rings. The first-order valence-electron chi connectivity index (χ1n) is 10.3. The van der Waals surface area contributed by atoms with Crippen molar-refractivity contribution >= 4 is 29.2 Å². The Morgan fingerprint density at radius 1 is 1.11 bits per heavy atom. The number of nitrogens with zero attached hydrogens (tertiary/aromatic N) is 2. The third kappa shape index (κ3) is 3.98. The number of piperidine rings is 1. The molecule has 3 amide bonds. The number of carbonyl (C=O) groups excluding carboxylic acids is 2. The van der Waals surface area contributed by atoms with Crippen molar-refractivity contribution in [1.29, 1.82) is 0 Å². The summed E-state index contributed by atoms with van der Waals surface area (Å²) in [5.41, 5.74) is 0.502. The molecule has 1 spiro atoms. The van der Waals surface area contributed by atoms with Gasteiger partial charge in [0, 0.05) is 55.5 Å². The fourth-order valence-electron chi connectivity index (χ4n) is 4.85. The van der Waals surface area contributed by atoms with Crippen LogP contribution in [0, 0.1) is 11.3 Å². The van der Waals surface area contributed by atoms with Gasteiger partial charge in [0.15, 0.2) is 0 Å². The first-order valence-corrected chi connectivity index (χ1v) is 10.6. The van der Waals surface area contributed by atoms with Gasteiger partial charge in [0.1, 0.15) is 0 Å². The zero-order valence-corrected chi connectivity index (χ0v) is 16.9. The molecule has 4 rings (SSSR count). The highest BCUT2D eigenvalue weighted by Crippen LogP contribution is 2.45. The molecule has 1 N–H and O–H groups in total. The molecule has 3 aliphatic rings. The van der Waals surface area contributed by atoms with Gasteiger partial charge in [-0.2, -0.15) is 0 Å². The maximum atomic E-state index is 13.4. The predicted octanol–water partition coefficient (Wildman–Crippen LogP) is 3.61. The van der Waals surface area contributed by atoms with Crippen molar-refractivity contribution in [2.75, 3.05) is 44.7 Å². The minimum Gasteiger partial charge on any atom is -0.381 e. The van der Waals surface area contributed by atoms with Gasteiger partial charge in [-0.25, -0.2) is 4.79 Å². The number of hydrogen-bond donors (Lipinski definition) is 1. The van der Waals surface area contributed by atoms with Crippen molar-refractivity contribution in [2.24, 2.45) is 11.3 Å². The molecule has 1 unspecified atom stereocenters. The molecular formula is C21H28ClN3O3. The van der Waals surface area contributed by atoms with Crippen LogP contribution in [0.4, 0.5) is 10.5 Å². The van der Waals surface area contributed by atoms with Crippen molar-refractivity contribution in [3.63, 3.8) is 0 Å². The van der Waals surface area contributed by atoms with Gasteiger partial charge in [0.05, 0.1) is 5.92 Å². The predicted molar refractivity (Wildman–Crippen MR) is 108 cm³/mol. The van der Waals surface area contributed by atoms with E-state index >= 15 is 0 Å². The topological polar surface area (TPSA) is 61.9 Å². The van der Waals surface area contributed by atoms with E-state index in [1.165, 1.54) is 6.42 Å². The Bertz CT molecular complexity index is 729. The number of nitrogens with one attached hydrogen (secondary N) is 1. The van der Waals surface area contributed by atoms with Crippen molar-refractivity contribution in [3.8, 4) is 0 Å². The summed E-state index contributed by atoms with van der Waals surface area (Å²) in [4.78, 5) is 30.1. The van der Waals surface area contributed by atoms with Gasteiger partial charge in [0.2, 0.25) is 5.91 Å². The van der Waals surface area contributed by atoms with E-state index in [1.54, 1.807) is 17.0 Å². The van der Waals surface area contributed by atoms with Gasteiger partial charge < -0.3 is 19.9 Å². The lowest BCUT2D eigenvalue weighted by Crippen LogP contribution is -2.47. The van der Waals surface area contributed by atoms with Gasteiger partial charge in [0.25, 0.3) is 0 Å². The van der Waals surface area contributed by atoms with E-state index in [-0.39, 0.29) is 23.3 Å². The number of anilines is 1. The maximum Gasteiger partial charge on any atom is 0.321 e. The Kier molecular flexibility index (Phi) is 5.78. The number of hydrogen-bond acceptors (Lipinski definition) is 3. The van der Waals surface area contributed by atoms with E-state index in [4.69, 9.17) is 16.3 Å². The zero-order valence-electron chi connectivity index (χ0n) is 16.2. The van der Waals surface area contributed by atoms with Crippen LogP contribution in [0.2, 0.25) is 5.02 Å². The normalized spacial score (nSPS) is 24.4. The van der Waals surface area contributed by atoms with Crippen LogP contribution in [0.25, 0.3) is 0 Å². The Balaban J connectivity index is 1.50. The van der Waals surface area contributed by atoms with Crippen molar-refractivity contribution in [3.05, 3.63) is 29.3 Å². The quantitative estimate of drug-likeness (QED) is 0.817. The zero-order chi connectivity index (χ0) is 19.6. The van der Waals surface area contributed by atoms with Gasteiger partial charge in [-0.05, 0) is 50.3 Å². The molecule has 6 nitrogen and oxygen atoms in total. The summed E-state index contributed by atoms with van der Waals surface area (Å²) in [5.74, 6) is 0.0827. The molecule has 1 atom stereocenters. The smallest absolute Gasteiger partial charge is 0.321 e. The number of amides is 3. The van der Waals surface area contributed by atoms with Crippen molar-refractivity contribution in [1.82, 2.24) is 9.80 Å². The summed E-state index contributed by atoms with van der Waals surface area (Å²) in [6, 6.07) is 6.97. The fraction of sp³-hybridized carbons (Fsp3) is 0.619. The second kappa shape index (κ2) is 8.29. The number of urea groups is 1. The molecule has 0 saturated carbocycles. The number of halogens is 1. The Morgan fingerprint density at radius 2 is 1.86 bits per heavy atom. The number of benzene rings is 1. The van der Waals surface area contributed by atoms with Gasteiger partial charge in [-0.15, -0.1) is 0 Å². The van der Waals surface area contributed by atoms with Gasteiger partial charge >= 0.3 is 6.03 Å². The Hall–Kier alpha value is -1.79. The lowest BCUT2D eigenvalue weighted by Gasteiger charge is -2.39. The highest BCUT2D eigenvalue weighted by atomic mass is 35.5. The molecule has 28 heavy (non-hydrogen) atoms. The largest absolute Gasteiger partial charge is 0.381 e. The number of ether oxygens (including phenoxy) is 1. The van der Waals surface area contributed by atoms with Crippen molar-refractivity contribution < 1.29 is 14.3 Å². The molecule has 152 valence electrons. The van der Waals surface area contributed by atoms with Crippen LogP contribution in [0.1, 0.15) is 32.1 Å². The summed E-state index contributed by atoms with van der Waals surface area (Å²) in [5, 5.41) is 3.51. The van der Waals surface area contributed by atoms with Crippen LogP contribution in [-0.4, -0.2) is 61.1 Å². The lowest BCUT2D eigenvalue weighted by atomic mass is 9.71. The van der Waals surface area contributed by atoms with Crippen molar-refractivity contribution in [2.45, 2.75) is 32.1 Å². The fourth-order valence-corrected chi connectivity index (χ4v) is 5.04. The molecule has 0 aliphatic carbocycles. The Morgan fingerprint density at radius 3 is 2.57 bits per heavy atom. The number of rotatable bonds is 2. The average molecular weight is 406 g/mol. The molecule has 3 fully saturated rings. The first-order chi connectivity index (χ1) is 13.6. The summed E-state index contributed by atoms with van der Waals surface area (Å²) in [7, 11) is 0. The third-order valence-electron chi connectivity index (χ3n) is 6.47. The summed E-state index contributed by atoms with van der Waals surface area (Å²) >= 11 is 6.03. The van der Waals surface area contributed by atoms with Gasteiger partial charge in [-0.1, -0.05) is 17.7 Å². The number of likely N-dealkylation sites (tertiary alicyclic amines) is 2. The van der Waals surface area contributed by atoms with Crippen LogP contribution in [0.3, 0.4) is 0 Å². The van der Waals surface area contributed by atoms with E-state index in [1.807, 2.05) is 17.0 Å². The van der Waals surface area contributed by atoms with E-state index in [2.05, 4.69) is 5.32 Å². The molecule has 0 bridgehead atoms. The third-order valence-corrected chi connectivity index (χ3v) is 6.70. The first kappa shape index (κ1) is 19.5. The standard InChI is InChI=1S/C21H28ClN3O3/c22-16-5-4-6-17(13-16)23-20(27)25-14-18(19(26)24-9-2-1-3-10-24)21(15-25)7-11-28-12-8-21/h4-6,13,18H,1-3,7-12,14-15H2,(H,23,27). The minimum atomic E-state index is -0.168. The van der Waals surface area contributed by atoms with Gasteiger partial charge in [-0.3, -0.25) is 4.79 Å². The summed E-state index contributed by atoms with van der Waals surface area (Å²) in [6.07, 6.45) is 5.01. The average Bonchev–Trinajstić information content (AvgIpc) is 3.07. The maximum absolute atomic E-state index is 13.4. The highest BCUT2D eigenvalue weighted by molar-refractivity contribution is 6.30. The van der Waals surface area contributed by atoms with Crippen LogP contribution in [0.5, 0.6) is 0 Å². The van der Waals surface area contributed by atoms with E-state index in [9.17, 15) is 9.59 Å². The molecular weight excluding hydrogens is 378 g/mol. The van der Waals surface area contributed by atoms with Crippen LogP contribution < -0.4 is 5.32 Å². The molecule has 3 heterocycles. The molecule has 3 aliphatic heterocycles. The molecule has 0 aromatic heterocycles. The number of carbonyl (C=O) groups is 2. The summed E-state index contributed by atoms with van der Waals surface area (Å²) < 4.78 is 5.58. The molecule has 3 saturated heterocycles.